The molecule has 1 amide bonds. The van der Waals surface area contributed by atoms with E-state index in [1.165, 1.54) is 24.3 Å². The van der Waals surface area contributed by atoms with Crippen molar-refractivity contribution in [2.75, 3.05) is 0 Å². The van der Waals surface area contributed by atoms with E-state index in [1.807, 2.05) is 65.6 Å². The van der Waals surface area contributed by atoms with Crippen LogP contribution in [0.2, 0.25) is 0 Å². The van der Waals surface area contributed by atoms with Crippen LogP contribution < -0.4 is 0 Å². The second-order valence-corrected chi connectivity index (χ2v) is 11.6. The van der Waals surface area contributed by atoms with Crippen LogP contribution in [0.15, 0.2) is 90.1 Å². The Bertz CT molecular complexity index is 1410. The molecule has 0 spiro atoms. The first-order valence-corrected chi connectivity index (χ1v) is 13.5. The van der Waals surface area contributed by atoms with Gasteiger partial charge in [-0.15, -0.1) is 0 Å². The van der Waals surface area contributed by atoms with Crippen LogP contribution in [0.25, 0.3) is 0 Å². The van der Waals surface area contributed by atoms with Gasteiger partial charge >= 0.3 is 5.97 Å². The first kappa shape index (κ1) is 27.2. The molecule has 0 saturated heterocycles. The van der Waals surface area contributed by atoms with Gasteiger partial charge in [0.05, 0.1) is 21.6 Å². The average molecular weight is 540 g/mol. The number of amides is 1. The number of carbonyl (C=O) groups is 2. The molecule has 2 bridgehead atoms. The first-order chi connectivity index (χ1) is 19.1. The van der Waals surface area contributed by atoms with E-state index < -0.39 is 27.1 Å². The number of non-ortho nitro benzene ring substituents is 1. The van der Waals surface area contributed by atoms with E-state index in [2.05, 4.69) is 25.9 Å². The summed E-state index contributed by atoms with van der Waals surface area (Å²) >= 11 is 0. The molecule has 0 aromatic heterocycles. The van der Waals surface area contributed by atoms with Crippen molar-refractivity contribution in [2.24, 2.45) is 21.4 Å². The Kier molecular flexibility index (Phi) is 7.04. The largest absolute Gasteiger partial charge is 0.365 e. The van der Waals surface area contributed by atoms with Gasteiger partial charge < -0.3 is 9.74 Å². The monoisotopic (exact) mass is 539 g/mol. The Labute approximate surface area is 233 Å². The van der Waals surface area contributed by atoms with Gasteiger partial charge in [-0.2, -0.15) is 0 Å². The third-order valence-corrected chi connectivity index (χ3v) is 9.42. The summed E-state index contributed by atoms with van der Waals surface area (Å²) in [5, 5.41) is 15.3. The van der Waals surface area contributed by atoms with E-state index in [9.17, 15) is 19.7 Å². The predicted octanol–water partition coefficient (Wildman–Crippen LogP) is 6.55. The molecule has 8 nitrogen and oxygen atoms in total. The Morgan fingerprint density at radius 3 is 1.95 bits per heavy atom. The molecule has 0 aliphatic heterocycles. The Hall–Kier alpha value is -4.33. The zero-order valence-corrected chi connectivity index (χ0v) is 23.0. The van der Waals surface area contributed by atoms with Gasteiger partial charge in [-0.1, -0.05) is 86.6 Å². The van der Waals surface area contributed by atoms with Gasteiger partial charge in [0.2, 0.25) is 5.91 Å². The third kappa shape index (κ3) is 4.57. The second-order valence-electron chi connectivity index (χ2n) is 11.6. The SMILES string of the molecule is CC12CCC(C(=O)N(Cc3ccccc3)Cc3ccccc3)(C/C1=N\OC(=O)c1ccc([N+](=O)[O-])cc1)C2(C)C. The lowest BCUT2D eigenvalue weighted by molar-refractivity contribution is -0.384. The van der Waals surface area contributed by atoms with Gasteiger partial charge in [0, 0.05) is 37.1 Å². The number of hydrogen-bond acceptors (Lipinski definition) is 6. The minimum atomic E-state index is -0.693. The molecule has 3 aromatic carbocycles. The van der Waals surface area contributed by atoms with Gasteiger partial charge in [0.15, 0.2) is 0 Å². The summed E-state index contributed by atoms with van der Waals surface area (Å²) in [6, 6.07) is 25.2. The molecule has 5 rings (SSSR count). The van der Waals surface area contributed by atoms with Crippen LogP contribution in [0.4, 0.5) is 5.69 Å². The lowest BCUT2D eigenvalue weighted by atomic mass is 9.64. The van der Waals surface area contributed by atoms with Gasteiger partial charge in [-0.25, -0.2) is 4.79 Å². The molecule has 2 aliphatic rings. The van der Waals surface area contributed by atoms with E-state index in [-0.39, 0.29) is 17.2 Å². The molecule has 206 valence electrons. The van der Waals surface area contributed by atoms with Crippen molar-refractivity contribution in [1.82, 2.24) is 4.90 Å². The quantitative estimate of drug-likeness (QED) is 0.183. The predicted molar refractivity (Wildman–Crippen MR) is 151 cm³/mol. The fourth-order valence-corrected chi connectivity index (χ4v) is 6.47. The fraction of sp³-hybridized carbons (Fsp3) is 0.344. The third-order valence-electron chi connectivity index (χ3n) is 9.42. The Morgan fingerprint density at radius 2 is 1.43 bits per heavy atom. The Morgan fingerprint density at radius 1 is 0.875 bits per heavy atom. The highest BCUT2D eigenvalue weighted by Gasteiger charge is 2.72. The highest BCUT2D eigenvalue weighted by atomic mass is 16.7. The van der Waals surface area contributed by atoms with Crippen molar-refractivity contribution < 1.29 is 19.3 Å². The number of hydrogen-bond donors (Lipinski definition) is 0. The van der Waals surface area contributed by atoms with E-state index >= 15 is 0 Å². The molecule has 2 saturated carbocycles. The number of nitro benzene ring substituents is 1. The molecule has 0 N–H and O–H groups in total. The summed E-state index contributed by atoms with van der Waals surface area (Å²) in [4.78, 5) is 45.0. The molecule has 2 fully saturated rings. The Balaban J connectivity index is 1.42. The number of nitrogens with zero attached hydrogens (tertiary/aromatic N) is 3. The van der Waals surface area contributed by atoms with Crippen LogP contribution in [0.5, 0.6) is 0 Å². The number of carbonyl (C=O) groups excluding carboxylic acids is 2. The maximum absolute atomic E-state index is 14.6. The van der Waals surface area contributed by atoms with Crippen molar-refractivity contribution in [3.05, 3.63) is 112 Å². The van der Waals surface area contributed by atoms with Gasteiger partial charge in [0.25, 0.3) is 5.69 Å². The van der Waals surface area contributed by atoms with E-state index in [1.54, 1.807) is 0 Å². The number of rotatable bonds is 8. The van der Waals surface area contributed by atoms with Crippen LogP contribution in [0, 0.1) is 26.4 Å². The fourth-order valence-electron chi connectivity index (χ4n) is 6.47. The molecule has 2 unspecified atom stereocenters. The van der Waals surface area contributed by atoms with Crippen LogP contribution in [0.3, 0.4) is 0 Å². The summed E-state index contributed by atoms with van der Waals surface area (Å²) in [7, 11) is 0. The highest BCUT2D eigenvalue weighted by Crippen LogP contribution is 2.71. The molecular weight excluding hydrogens is 506 g/mol. The zero-order chi connectivity index (χ0) is 28.5. The van der Waals surface area contributed by atoms with Crippen molar-refractivity contribution in [3.63, 3.8) is 0 Å². The maximum atomic E-state index is 14.6. The summed E-state index contributed by atoms with van der Waals surface area (Å²) in [5.41, 5.74) is 1.34. The summed E-state index contributed by atoms with van der Waals surface area (Å²) in [6.07, 6.45) is 1.89. The normalized spacial score (nSPS) is 23.6. The number of fused-ring (bicyclic) bond motifs is 2. The summed E-state index contributed by atoms with van der Waals surface area (Å²) in [5.74, 6) is -0.609. The molecule has 8 heteroatoms. The van der Waals surface area contributed by atoms with Crippen LogP contribution in [0.1, 0.15) is 61.5 Å². The number of oxime groups is 1. The van der Waals surface area contributed by atoms with Crippen molar-refractivity contribution in [1.29, 1.82) is 0 Å². The van der Waals surface area contributed by atoms with E-state index in [4.69, 9.17) is 4.84 Å². The minimum absolute atomic E-state index is 0.0841. The van der Waals surface area contributed by atoms with Gasteiger partial charge in [-0.3, -0.25) is 14.9 Å². The van der Waals surface area contributed by atoms with E-state index in [0.717, 1.165) is 24.0 Å². The molecule has 40 heavy (non-hydrogen) atoms. The number of nitro groups is 1. The van der Waals surface area contributed by atoms with Crippen molar-refractivity contribution in [3.8, 4) is 0 Å². The zero-order valence-electron chi connectivity index (χ0n) is 23.0. The standard InChI is InChI=1S/C32H33N3O5/c1-30(2)31(3)18-19-32(30,20-27(31)33-40-28(36)25-14-16-26(17-15-25)35(38)39)29(37)34(21-23-10-6-4-7-11-23)22-24-12-8-5-9-13-24/h4-17H,18-22H2,1-3H3/b33-27+. The smallest absolute Gasteiger partial charge is 0.334 e. The van der Waals surface area contributed by atoms with Crippen LogP contribution in [-0.4, -0.2) is 27.4 Å². The van der Waals surface area contributed by atoms with Gasteiger partial charge in [-0.05, 0) is 41.5 Å². The topological polar surface area (TPSA) is 102 Å². The summed E-state index contributed by atoms with van der Waals surface area (Å²) in [6.45, 7) is 7.34. The highest BCUT2D eigenvalue weighted by molar-refractivity contribution is 6.02. The minimum Gasteiger partial charge on any atom is -0.334 e. The molecule has 3 aromatic rings. The molecule has 2 atom stereocenters. The second kappa shape index (κ2) is 10.3. The van der Waals surface area contributed by atoms with Crippen molar-refractivity contribution >= 4 is 23.3 Å². The molecular formula is C32H33N3O5. The van der Waals surface area contributed by atoms with Crippen molar-refractivity contribution in [2.45, 2.75) is 53.1 Å². The van der Waals surface area contributed by atoms with Crippen LogP contribution >= 0.6 is 0 Å². The lowest BCUT2D eigenvalue weighted by Gasteiger charge is -2.42. The van der Waals surface area contributed by atoms with Gasteiger partial charge in [0.1, 0.15) is 0 Å². The molecule has 0 radical (unpaired) electrons. The van der Waals surface area contributed by atoms with Crippen LogP contribution in [-0.2, 0) is 22.7 Å². The maximum Gasteiger partial charge on any atom is 0.365 e. The van der Waals surface area contributed by atoms with E-state index in [0.29, 0.717) is 25.2 Å². The summed E-state index contributed by atoms with van der Waals surface area (Å²) < 4.78 is 0. The first-order valence-electron chi connectivity index (χ1n) is 13.5. The molecule has 2 aliphatic carbocycles. The number of benzene rings is 3. The molecule has 0 heterocycles. The lowest BCUT2D eigenvalue weighted by Crippen LogP contribution is -2.48. The average Bonchev–Trinajstić information content (AvgIpc) is 3.27.